The second-order valence-corrected chi connectivity index (χ2v) is 7.12. The molecule has 0 aliphatic rings. The standard InChI is InChI=1S/C19H34N2/c1-7-18(20)19(17-11-9-8-10-16(17)6)21(12-14(2)3)13-15(4)5/h8-11,14-15,18-19H,7,12-13,20H2,1-6H3. The lowest BCUT2D eigenvalue weighted by Gasteiger charge is -2.38. The quantitative estimate of drug-likeness (QED) is 0.769. The molecule has 2 heteroatoms. The van der Waals surface area contributed by atoms with Crippen molar-refractivity contribution in [1.29, 1.82) is 0 Å². The van der Waals surface area contributed by atoms with Crippen molar-refractivity contribution in [1.82, 2.24) is 4.90 Å². The summed E-state index contributed by atoms with van der Waals surface area (Å²) >= 11 is 0. The van der Waals surface area contributed by atoms with Gasteiger partial charge in [0.1, 0.15) is 0 Å². The van der Waals surface area contributed by atoms with E-state index in [0.717, 1.165) is 19.5 Å². The van der Waals surface area contributed by atoms with Gasteiger partial charge in [0, 0.05) is 19.1 Å². The van der Waals surface area contributed by atoms with Crippen LogP contribution in [0.5, 0.6) is 0 Å². The molecule has 0 spiro atoms. The fourth-order valence-electron chi connectivity index (χ4n) is 3.08. The van der Waals surface area contributed by atoms with E-state index >= 15 is 0 Å². The van der Waals surface area contributed by atoms with Gasteiger partial charge >= 0.3 is 0 Å². The van der Waals surface area contributed by atoms with Gasteiger partial charge < -0.3 is 5.73 Å². The summed E-state index contributed by atoms with van der Waals surface area (Å²) in [5.41, 5.74) is 9.28. The van der Waals surface area contributed by atoms with Crippen molar-refractivity contribution in [3.63, 3.8) is 0 Å². The topological polar surface area (TPSA) is 29.3 Å². The molecular formula is C19H34N2. The molecule has 0 fully saturated rings. The van der Waals surface area contributed by atoms with Crippen LogP contribution >= 0.6 is 0 Å². The lowest BCUT2D eigenvalue weighted by Crippen LogP contribution is -2.44. The average molecular weight is 290 g/mol. The van der Waals surface area contributed by atoms with Crippen LogP contribution in [0.4, 0.5) is 0 Å². The van der Waals surface area contributed by atoms with Gasteiger partial charge in [0.2, 0.25) is 0 Å². The Morgan fingerprint density at radius 2 is 1.52 bits per heavy atom. The number of nitrogens with zero attached hydrogens (tertiary/aromatic N) is 1. The Kier molecular flexibility index (Phi) is 7.41. The molecule has 1 aromatic rings. The molecule has 2 N–H and O–H groups in total. The van der Waals surface area contributed by atoms with E-state index in [1.807, 2.05) is 0 Å². The molecule has 2 atom stereocenters. The first-order valence-corrected chi connectivity index (χ1v) is 8.41. The Bertz CT molecular complexity index is 402. The van der Waals surface area contributed by atoms with E-state index in [2.05, 4.69) is 70.7 Å². The molecule has 0 amide bonds. The van der Waals surface area contributed by atoms with Gasteiger partial charge in [-0.15, -0.1) is 0 Å². The number of benzene rings is 1. The van der Waals surface area contributed by atoms with E-state index in [4.69, 9.17) is 5.73 Å². The van der Waals surface area contributed by atoms with E-state index in [0.29, 0.717) is 17.9 Å². The highest BCUT2D eigenvalue weighted by Gasteiger charge is 2.27. The number of aryl methyl sites for hydroxylation is 1. The van der Waals surface area contributed by atoms with E-state index in [9.17, 15) is 0 Å². The summed E-state index contributed by atoms with van der Waals surface area (Å²) in [6, 6.07) is 9.21. The van der Waals surface area contributed by atoms with Gasteiger partial charge in [-0.25, -0.2) is 0 Å². The first-order valence-electron chi connectivity index (χ1n) is 8.41. The summed E-state index contributed by atoms with van der Waals surface area (Å²) in [6.07, 6.45) is 1.01. The number of rotatable bonds is 8. The second kappa shape index (κ2) is 8.55. The highest BCUT2D eigenvalue weighted by Crippen LogP contribution is 2.29. The van der Waals surface area contributed by atoms with E-state index < -0.39 is 0 Å². The molecule has 0 aliphatic heterocycles. The molecular weight excluding hydrogens is 256 g/mol. The van der Waals surface area contributed by atoms with Gasteiger partial charge in [-0.1, -0.05) is 58.9 Å². The Morgan fingerprint density at radius 3 is 1.95 bits per heavy atom. The van der Waals surface area contributed by atoms with Crippen LogP contribution in [-0.4, -0.2) is 24.0 Å². The van der Waals surface area contributed by atoms with Crippen molar-refractivity contribution in [3.05, 3.63) is 35.4 Å². The Hall–Kier alpha value is -0.860. The van der Waals surface area contributed by atoms with Crippen LogP contribution in [0.3, 0.4) is 0 Å². The highest BCUT2D eigenvalue weighted by molar-refractivity contribution is 5.30. The van der Waals surface area contributed by atoms with Crippen LogP contribution in [0.15, 0.2) is 24.3 Å². The summed E-state index contributed by atoms with van der Waals surface area (Å²) in [6.45, 7) is 15.8. The van der Waals surface area contributed by atoms with Crippen LogP contribution < -0.4 is 5.73 Å². The predicted octanol–water partition coefficient (Wildman–Crippen LogP) is 4.39. The molecule has 1 aromatic carbocycles. The molecule has 0 radical (unpaired) electrons. The van der Waals surface area contributed by atoms with Crippen LogP contribution in [0, 0.1) is 18.8 Å². The van der Waals surface area contributed by atoms with Crippen LogP contribution in [0.1, 0.15) is 58.2 Å². The zero-order valence-electron chi connectivity index (χ0n) is 14.8. The molecule has 1 rings (SSSR count). The molecule has 0 aromatic heterocycles. The summed E-state index contributed by atoms with van der Waals surface area (Å²) < 4.78 is 0. The third-order valence-corrected chi connectivity index (χ3v) is 3.98. The van der Waals surface area contributed by atoms with E-state index in [-0.39, 0.29) is 6.04 Å². The zero-order valence-corrected chi connectivity index (χ0v) is 14.8. The minimum Gasteiger partial charge on any atom is -0.326 e. The lowest BCUT2D eigenvalue weighted by atomic mass is 9.91. The van der Waals surface area contributed by atoms with Crippen molar-refractivity contribution >= 4 is 0 Å². The smallest absolute Gasteiger partial charge is 0.0501 e. The molecule has 2 nitrogen and oxygen atoms in total. The molecule has 2 unspecified atom stereocenters. The largest absolute Gasteiger partial charge is 0.326 e. The van der Waals surface area contributed by atoms with E-state index in [1.165, 1.54) is 11.1 Å². The van der Waals surface area contributed by atoms with E-state index in [1.54, 1.807) is 0 Å². The molecule has 0 heterocycles. The maximum absolute atomic E-state index is 6.53. The van der Waals surface area contributed by atoms with Crippen molar-refractivity contribution in [3.8, 4) is 0 Å². The Balaban J connectivity index is 3.16. The lowest BCUT2D eigenvalue weighted by molar-refractivity contribution is 0.134. The number of hydrogen-bond donors (Lipinski definition) is 1. The average Bonchev–Trinajstić information content (AvgIpc) is 2.39. The van der Waals surface area contributed by atoms with Crippen LogP contribution in [-0.2, 0) is 0 Å². The summed E-state index contributed by atoms with van der Waals surface area (Å²) in [7, 11) is 0. The van der Waals surface area contributed by atoms with Gasteiger partial charge in [-0.05, 0) is 36.3 Å². The van der Waals surface area contributed by atoms with Crippen LogP contribution in [0.2, 0.25) is 0 Å². The number of hydrogen-bond acceptors (Lipinski definition) is 2. The van der Waals surface area contributed by atoms with Gasteiger partial charge in [0.25, 0.3) is 0 Å². The SMILES string of the molecule is CCC(N)C(c1ccccc1C)N(CC(C)C)CC(C)C. The molecule has 21 heavy (non-hydrogen) atoms. The Morgan fingerprint density at radius 1 is 1.00 bits per heavy atom. The third kappa shape index (κ3) is 5.44. The monoisotopic (exact) mass is 290 g/mol. The van der Waals surface area contributed by atoms with Crippen molar-refractivity contribution in [2.24, 2.45) is 17.6 Å². The zero-order chi connectivity index (χ0) is 16.0. The molecule has 0 saturated carbocycles. The van der Waals surface area contributed by atoms with Crippen molar-refractivity contribution in [2.75, 3.05) is 13.1 Å². The maximum Gasteiger partial charge on any atom is 0.0501 e. The fraction of sp³-hybridized carbons (Fsp3) is 0.684. The van der Waals surface area contributed by atoms with Gasteiger partial charge in [-0.2, -0.15) is 0 Å². The fourth-order valence-corrected chi connectivity index (χ4v) is 3.08. The van der Waals surface area contributed by atoms with Gasteiger partial charge in [-0.3, -0.25) is 4.90 Å². The maximum atomic E-state index is 6.53. The second-order valence-electron chi connectivity index (χ2n) is 7.12. The summed E-state index contributed by atoms with van der Waals surface area (Å²) in [4.78, 5) is 2.60. The minimum absolute atomic E-state index is 0.184. The van der Waals surface area contributed by atoms with Gasteiger partial charge in [0.15, 0.2) is 0 Å². The van der Waals surface area contributed by atoms with Gasteiger partial charge in [0.05, 0.1) is 6.04 Å². The normalized spacial score (nSPS) is 15.0. The van der Waals surface area contributed by atoms with Crippen LogP contribution in [0.25, 0.3) is 0 Å². The first-order chi connectivity index (χ1) is 9.86. The third-order valence-electron chi connectivity index (χ3n) is 3.98. The van der Waals surface area contributed by atoms with Crippen molar-refractivity contribution < 1.29 is 0 Å². The first kappa shape index (κ1) is 18.2. The van der Waals surface area contributed by atoms with Crippen molar-refractivity contribution in [2.45, 2.75) is 60.0 Å². The predicted molar refractivity (Wildman–Crippen MR) is 93.4 cm³/mol. The minimum atomic E-state index is 0.184. The Labute approximate surface area is 131 Å². The summed E-state index contributed by atoms with van der Waals surface area (Å²) in [5, 5.41) is 0. The highest BCUT2D eigenvalue weighted by atomic mass is 15.2. The molecule has 0 aliphatic carbocycles. The molecule has 120 valence electrons. The molecule has 0 saturated heterocycles. The molecule has 0 bridgehead atoms. The number of nitrogens with two attached hydrogens (primary N) is 1. The summed E-state index contributed by atoms with van der Waals surface area (Å²) in [5.74, 6) is 1.30.